The summed E-state index contributed by atoms with van der Waals surface area (Å²) < 4.78 is 13.7. The maximum atomic E-state index is 9.84. The monoisotopic (exact) mass is 214 g/mol. The van der Waals surface area contributed by atoms with Crippen molar-refractivity contribution in [1.82, 2.24) is 0 Å². The Morgan fingerprint density at radius 2 is 1.77 bits per heavy atom. The third-order valence-electron chi connectivity index (χ3n) is 0.434. The minimum atomic E-state index is -4.39. The van der Waals surface area contributed by atoms with E-state index in [9.17, 15) is 4.57 Å². The molecule has 0 saturated carbocycles. The zero-order valence-electron chi connectivity index (χ0n) is 7.63. The predicted octanol–water partition coefficient (Wildman–Crippen LogP) is 1.17. The topological polar surface area (TPSA) is 96.2 Å². The standard InChI is InChI=1S/C4H8.C2H7O6P/c1-4(2)3;3-7-1-2-8-9(4,5)6/h1H2,2-3H3;3H,1-2H2,(H2,4,5,6). The van der Waals surface area contributed by atoms with Gasteiger partial charge >= 0.3 is 7.82 Å². The van der Waals surface area contributed by atoms with Crippen molar-refractivity contribution in [2.45, 2.75) is 13.8 Å². The number of allylic oxidation sites excluding steroid dienone is 1. The number of phosphoric acid groups is 1. The van der Waals surface area contributed by atoms with Crippen LogP contribution in [0.4, 0.5) is 0 Å². The Labute approximate surface area is 77.0 Å². The van der Waals surface area contributed by atoms with Gasteiger partial charge in [-0.05, 0) is 13.8 Å². The van der Waals surface area contributed by atoms with Gasteiger partial charge < -0.3 is 9.79 Å². The van der Waals surface area contributed by atoms with Crippen LogP contribution in [0.5, 0.6) is 0 Å². The van der Waals surface area contributed by atoms with E-state index in [2.05, 4.69) is 16.0 Å². The summed E-state index contributed by atoms with van der Waals surface area (Å²) in [4.78, 5) is 19.5. The Balaban J connectivity index is 0. The molecule has 0 saturated heterocycles. The molecule has 7 heteroatoms. The van der Waals surface area contributed by atoms with Gasteiger partial charge in [-0.3, -0.25) is 9.78 Å². The molecule has 13 heavy (non-hydrogen) atoms. The van der Waals surface area contributed by atoms with Crippen LogP contribution < -0.4 is 0 Å². The molecular formula is C6H15O6P. The average molecular weight is 214 g/mol. The molecule has 0 aliphatic rings. The SMILES string of the molecule is C=C(C)C.O=P(O)(O)OCCOO. The molecule has 6 nitrogen and oxygen atoms in total. The van der Waals surface area contributed by atoms with E-state index >= 15 is 0 Å². The molecule has 0 bridgehead atoms. The lowest BCUT2D eigenvalue weighted by molar-refractivity contribution is -0.246. The second kappa shape index (κ2) is 8.37. The molecule has 0 heterocycles. The van der Waals surface area contributed by atoms with Gasteiger partial charge in [-0.1, -0.05) is 5.57 Å². The molecule has 0 aromatic carbocycles. The van der Waals surface area contributed by atoms with Crippen molar-refractivity contribution < 1.29 is 29.0 Å². The first-order valence-electron chi connectivity index (χ1n) is 3.38. The van der Waals surface area contributed by atoms with Gasteiger partial charge in [-0.15, -0.1) is 6.58 Å². The van der Waals surface area contributed by atoms with Gasteiger partial charge in [0.25, 0.3) is 0 Å². The summed E-state index contributed by atoms with van der Waals surface area (Å²) in [6.45, 7) is 6.91. The largest absolute Gasteiger partial charge is 0.469 e. The van der Waals surface area contributed by atoms with Crippen molar-refractivity contribution in [1.29, 1.82) is 0 Å². The summed E-state index contributed by atoms with van der Waals surface area (Å²) in [6, 6.07) is 0. The van der Waals surface area contributed by atoms with Gasteiger partial charge in [0, 0.05) is 0 Å². The fourth-order valence-corrected chi connectivity index (χ4v) is 0.506. The molecule has 0 spiro atoms. The van der Waals surface area contributed by atoms with Crippen LogP contribution in [0.15, 0.2) is 12.2 Å². The van der Waals surface area contributed by atoms with Crippen molar-refractivity contribution >= 4 is 7.82 Å². The van der Waals surface area contributed by atoms with Gasteiger partial charge in [0.15, 0.2) is 0 Å². The van der Waals surface area contributed by atoms with E-state index in [1.54, 1.807) is 0 Å². The number of hydrogen-bond donors (Lipinski definition) is 3. The third-order valence-corrected chi connectivity index (χ3v) is 0.953. The molecule has 0 rings (SSSR count). The lowest BCUT2D eigenvalue weighted by atomic mass is 10.4. The zero-order chi connectivity index (χ0) is 10.9. The molecule has 80 valence electrons. The number of rotatable bonds is 4. The number of hydrogen-bond acceptors (Lipinski definition) is 4. The summed E-state index contributed by atoms with van der Waals surface area (Å²) >= 11 is 0. The average Bonchev–Trinajstić information content (AvgIpc) is 1.83. The molecular weight excluding hydrogens is 199 g/mol. The van der Waals surface area contributed by atoms with Crippen LogP contribution in [0.3, 0.4) is 0 Å². The van der Waals surface area contributed by atoms with Gasteiger partial charge in [0.05, 0.1) is 6.61 Å². The highest BCUT2D eigenvalue weighted by molar-refractivity contribution is 7.46. The molecule has 0 aliphatic carbocycles. The van der Waals surface area contributed by atoms with Crippen LogP contribution in [0.2, 0.25) is 0 Å². The van der Waals surface area contributed by atoms with Crippen molar-refractivity contribution in [3.8, 4) is 0 Å². The Bertz CT molecular complexity index is 170. The van der Waals surface area contributed by atoms with Crippen LogP contribution in [-0.4, -0.2) is 28.3 Å². The molecule has 0 radical (unpaired) electrons. The highest BCUT2D eigenvalue weighted by atomic mass is 31.2. The van der Waals surface area contributed by atoms with Crippen molar-refractivity contribution in [2.24, 2.45) is 0 Å². The maximum absolute atomic E-state index is 9.84. The van der Waals surface area contributed by atoms with E-state index in [0.717, 1.165) is 0 Å². The molecule has 0 aliphatic heterocycles. The van der Waals surface area contributed by atoms with Crippen LogP contribution in [-0.2, 0) is 14.0 Å². The van der Waals surface area contributed by atoms with Gasteiger partial charge in [-0.2, -0.15) is 0 Å². The minimum absolute atomic E-state index is 0.259. The highest BCUT2D eigenvalue weighted by Gasteiger charge is 2.12. The van der Waals surface area contributed by atoms with Crippen LogP contribution >= 0.6 is 7.82 Å². The quantitative estimate of drug-likeness (QED) is 0.214. The highest BCUT2D eigenvalue weighted by Crippen LogP contribution is 2.35. The van der Waals surface area contributed by atoms with Gasteiger partial charge in [0.1, 0.15) is 6.61 Å². The first kappa shape index (κ1) is 15.3. The Hall–Kier alpha value is -0.230. The molecule has 0 atom stereocenters. The normalized spacial score (nSPS) is 10.2. The summed E-state index contributed by atoms with van der Waals surface area (Å²) in [7, 11) is -4.39. The van der Waals surface area contributed by atoms with E-state index in [1.165, 1.54) is 5.57 Å². The molecule has 0 amide bonds. The molecule has 0 aromatic rings. The van der Waals surface area contributed by atoms with Gasteiger partial charge in [0.2, 0.25) is 0 Å². The van der Waals surface area contributed by atoms with E-state index in [-0.39, 0.29) is 13.2 Å². The van der Waals surface area contributed by atoms with E-state index in [1.807, 2.05) is 13.8 Å². The minimum Gasteiger partial charge on any atom is -0.303 e. The number of phosphoric ester groups is 1. The van der Waals surface area contributed by atoms with E-state index in [0.29, 0.717) is 0 Å². The Kier molecular flexibility index (Phi) is 9.82. The lowest BCUT2D eigenvalue weighted by Crippen LogP contribution is -1.99. The summed E-state index contributed by atoms with van der Waals surface area (Å²) in [5, 5.41) is 7.63. The second-order valence-electron chi connectivity index (χ2n) is 2.36. The fourth-order valence-electron chi connectivity index (χ4n) is 0.193. The van der Waals surface area contributed by atoms with Crippen molar-refractivity contribution in [2.75, 3.05) is 13.2 Å². The van der Waals surface area contributed by atoms with Crippen LogP contribution in [0.1, 0.15) is 13.8 Å². The molecule has 0 fully saturated rings. The van der Waals surface area contributed by atoms with Gasteiger partial charge in [-0.25, -0.2) is 9.45 Å². The predicted molar refractivity (Wildman–Crippen MR) is 47.1 cm³/mol. The van der Waals surface area contributed by atoms with E-state index < -0.39 is 7.82 Å². The lowest BCUT2D eigenvalue weighted by Gasteiger charge is -2.01. The summed E-state index contributed by atoms with van der Waals surface area (Å²) in [5.41, 5.74) is 1.17. The fraction of sp³-hybridized carbons (Fsp3) is 0.667. The third kappa shape index (κ3) is 33.7. The molecule has 3 N–H and O–H groups in total. The molecule has 0 aromatic heterocycles. The summed E-state index contributed by atoms with van der Waals surface area (Å²) in [6.07, 6.45) is 0. The molecule has 0 unspecified atom stereocenters. The van der Waals surface area contributed by atoms with Crippen molar-refractivity contribution in [3.05, 3.63) is 12.2 Å². The smallest absolute Gasteiger partial charge is 0.303 e. The van der Waals surface area contributed by atoms with Crippen molar-refractivity contribution in [3.63, 3.8) is 0 Å². The van der Waals surface area contributed by atoms with Crippen LogP contribution in [0.25, 0.3) is 0 Å². The zero-order valence-corrected chi connectivity index (χ0v) is 8.53. The first-order chi connectivity index (χ1) is 5.79. The maximum Gasteiger partial charge on any atom is 0.469 e. The second-order valence-corrected chi connectivity index (χ2v) is 3.60. The Morgan fingerprint density at radius 1 is 1.38 bits per heavy atom. The Morgan fingerprint density at radius 3 is 2.00 bits per heavy atom. The van der Waals surface area contributed by atoms with E-state index in [4.69, 9.17) is 15.0 Å². The summed E-state index contributed by atoms with van der Waals surface area (Å²) in [5.74, 6) is 0. The van der Waals surface area contributed by atoms with Crippen LogP contribution in [0, 0.1) is 0 Å². The first-order valence-corrected chi connectivity index (χ1v) is 4.91.